The fourth-order valence-corrected chi connectivity index (χ4v) is 3.20. The molecule has 28 heavy (non-hydrogen) atoms. The number of methoxy groups -OCH3 is 1. The molecule has 1 aliphatic heterocycles. The van der Waals surface area contributed by atoms with Gasteiger partial charge < -0.3 is 15.4 Å². The van der Waals surface area contributed by atoms with Gasteiger partial charge in [-0.25, -0.2) is 0 Å². The third-order valence-corrected chi connectivity index (χ3v) is 5.01. The van der Waals surface area contributed by atoms with Crippen LogP contribution in [0.2, 0.25) is 0 Å². The average molecular weight is 380 g/mol. The summed E-state index contributed by atoms with van der Waals surface area (Å²) in [6, 6.07) is 12.3. The first-order valence-corrected chi connectivity index (χ1v) is 9.24. The zero-order valence-corrected chi connectivity index (χ0v) is 16.3. The maximum atomic E-state index is 12.2. The number of anilines is 2. The average Bonchev–Trinajstić information content (AvgIpc) is 2.90. The molecular weight excluding hydrogens is 356 g/mol. The predicted octanol–water partition coefficient (Wildman–Crippen LogP) is 3.92. The van der Waals surface area contributed by atoms with Crippen molar-refractivity contribution in [2.24, 2.45) is 0 Å². The first-order valence-electron chi connectivity index (χ1n) is 9.24. The van der Waals surface area contributed by atoms with Gasteiger partial charge in [-0.1, -0.05) is 0 Å². The van der Waals surface area contributed by atoms with Crippen molar-refractivity contribution >= 4 is 29.0 Å². The molecule has 0 saturated heterocycles. The zero-order valence-electron chi connectivity index (χ0n) is 16.3. The molecule has 3 rings (SSSR count). The molecule has 0 atom stereocenters. The van der Waals surface area contributed by atoms with Gasteiger partial charge in [0.2, 0.25) is 11.8 Å². The van der Waals surface area contributed by atoms with Gasteiger partial charge in [-0.15, -0.1) is 0 Å². The third-order valence-electron chi connectivity index (χ3n) is 5.01. The topological polar surface area (TPSA) is 84.5 Å². The van der Waals surface area contributed by atoms with Crippen LogP contribution < -0.4 is 15.4 Å². The highest BCUT2D eigenvalue weighted by Gasteiger charge is 2.38. The van der Waals surface area contributed by atoms with Gasteiger partial charge in [0.05, 0.1) is 12.5 Å². The largest absolute Gasteiger partial charge is 0.497 e. The number of nitrogens with one attached hydrogen (secondary N) is 2. The van der Waals surface area contributed by atoms with Crippen molar-refractivity contribution in [3.63, 3.8) is 0 Å². The number of carbonyl (C=O) groups excluding carboxylic acids is 3. The van der Waals surface area contributed by atoms with Gasteiger partial charge in [0, 0.05) is 29.8 Å². The molecule has 1 heterocycles. The van der Waals surface area contributed by atoms with Crippen molar-refractivity contribution in [1.29, 1.82) is 0 Å². The van der Waals surface area contributed by atoms with Crippen molar-refractivity contribution in [2.75, 3.05) is 17.7 Å². The highest BCUT2D eigenvalue weighted by Crippen LogP contribution is 2.38. The minimum Gasteiger partial charge on any atom is -0.497 e. The molecule has 0 spiro atoms. The summed E-state index contributed by atoms with van der Waals surface area (Å²) < 4.78 is 5.08. The summed E-state index contributed by atoms with van der Waals surface area (Å²) in [6.07, 6.45) is 1.02. The Balaban J connectivity index is 1.52. The molecule has 6 heteroatoms. The molecule has 1 aliphatic rings. The van der Waals surface area contributed by atoms with Crippen LogP contribution in [-0.4, -0.2) is 24.7 Å². The van der Waals surface area contributed by atoms with E-state index in [0.717, 1.165) is 11.3 Å². The SMILES string of the molecule is COc1ccc(C(=O)CCCC(=O)Nc2ccc3c(c2)C(C)(C)C(=O)N3)cc1. The lowest BCUT2D eigenvalue weighted by Gasteiger charge is -2.16. The van der Waals surface area contributed by atoms with E-state index >= 15 is 0 Å². The highest BCUT2D eigenvalue weighted by atomic mass is 16.5. The number of ether oxygens (including phenoxy) is 1. The van der Waals surface area contributed by atoms with E-state index < -0.39 is 5.41 Å². The van der Waals surface area contributed by atoms with E-state index in [2.05, 4.69) is 10.6 Å². The number of benzene rings is 2. The zero-order chi connectivity index (χ0) is 20.3. The Labute approximate surface area is 164 Å². The summed E-state index contributed by atoms with van der Waals surface area (Å²) >= 11 is 0. The maximum Gasteiger partial charge on any atom is 0.234 e. The lowest BCUT2D eigenvalue weighted by molar-refractivity contribution is -0.119. The van der Waals surface area contributed by atoms with E-state index in [-0.39, 0.29) is 24.0 Å². The standard InChI is InChI=1S/C22H24N2O4/c1-22(2)17-13-15(9-12-18(17)24-21(22)27)23-20(26)6-4-5-19(25)14-7-10-16(28-3)11-8-14/h7-13H,4-6H2,1-3H3,(H,23,26)(H,24,27). The van der Waals surface area contributed by atoms with E-state index in [1.54, 1.807) is 43.5 Å². The van der Waals surface area contributed by atoms with Gasteiger partial charge in [0.15, 0.2) is 5.78 Å². The van der Waals surface area contributed by atoms with Gasteiger partial charge in [0.1, 0.15) is 5.75 Å². The van der Waals surface area contributed by atoms with Crippen LogP contribution in [0.15, 0.2) is 42.5 Å². The maximum absolute atomic E-state index is 12.2. The molecule has 2 N–H and O–H groups in total. The van der Waals surface area contributed by atoms with Gasteiger partial charge in [0.25, 0.3) is 0 Å². The van der Waals surface area contributed by atoms with Crippen LogP contribution in [0.1, 0.15) is 49.0 Å². The summed E-state index contributed by atoms with van der Waals surface area (Å²) in [5.41, 5.74) is 2.28. The molecular formula is C22H24N2O4. The smallest absolute Gasteiger partial charge is 0.234 e. The second-order valence-electron chi connectivity index (χ2n) is 7.39. The van der Waals surface area contributed by atoms with E-state index in [1.165, 1.54) is 0 Å². The van der Waals surface area contributed by atoms with Crippen molar-refractivity contribution in [3.05, 3.63) is 53.6 Å². The molecule has 0 saturated carbocycles. The Bertz CT molecular complexity index is 917. The quantitative estimate of drug-likeness (QED) is 0.713. The Morgan fingerprint density at radius 2 is 1.79 bits per heavy atom. The van der Waals surface area contributed by atoms with Gasteiger partial charge >= 0.3 is 0 Å². The summed E-state index contributed by atoms with van der Waals surface area (Å²) in [7, 11) is 1.58. The fourth-order valence-electron chi connectivity index (χ4n) is 3.20. The molecule has 6 nitrogen and oxygen atoms in total. The first-order chi connectivity index (χ1) is 13.3. The van der Waals surface area contributed by atoms with Crippen molar-refractivity contribution < 1.29 is 19.1 Å². The molecule has 146 valence electrons. The van der Waals surface area contributed by atoms with Crippen molar-refractivity contribution in [1.82, 2.24) is 0 Å². The first kappa shape index (κ1) is 19.6. The number of ketones is 1. The Morgan fingerprint density at radius 1 is 1.07 bits per heavy atom. The molecule has 2 amide bonds. The van der Waals surface area contributed by atoms with E-state index in [0.29, 0.717) is 29.8 Å². The minimum atomic E-state index is -0.624. The Hall–Kier alpha value is -3.15. The Morgan fingerprint density at radius 3 is 2.46 bits per heavy atom. The third kappa shape index (κ3) is 4.06. The summed E-state index contributed by atoms with van der Waals surface area (Å²) in [5, 5.41) is 5.69. The molecule has 2 aromatic rings. The van der Waals surface area contributed by atoms with Crippen molar-refractivity contribution in [3.8, 4) is 5.75 Å². The summed E-state index contributed by atoms with van der Waals surface area (Å²) in [6.45, 7) is 3.70. The van der Waals surface area contributed by atoms with E-state index in [4.69, 9.17) is 4.74 Å². The normalized spacial score (nSPS) is 14.2. The summed E-state index contributed by atoms with van der Waals surface area (Å²) in [4.78, 5) is 36.4. The second-order valence-corrected chi connectivity index (χ2v) is 7.39. The van der Waals surface area contributed by atoms with Crippen LogP contribution in [-0.2, 0) is 15.0 Å². The van der Waals surface area contributed by atoms with Crippen LogP contribution in [0.3, 0.4) is 0 Å². The number of amides is 2. The fraction of sp³-hybridized carbons (Fsp3) is 0.318. The molecule has 0 radical (unpaired) electrons. The molecule has 0 fully saturated rings. The number of hydrogen-bond donors (Lipinski definition) is 2. The van der Waals surface area contributed by atoms with Gasteiger partial charge in [-0.3, -0.25) is 14.4 Å². The second kappa shape index (κ2) is 7.84. The molecule has 0 bridgehead atoms. The van der Waals surface area contributed by atoms with Gasteiger partial charge in [-0.2, -0.15) is 0 Å². The molecule has 2 aromatic carbocycles. The number of rotatable bonds is 7. The minimum absolute atomic E-state index is 0.000629. The lowest BCUT2D eigenvalue weighted by Crippen LogP contribution is -2.26. The number of Topliss-reactive ketones (excluding diaryl/α,β-unsaturated/α-hetero) is 1. The van der Waals surface area contributed by atoms with Crippen molar-refractivity contribution in [2.45, 2.75) is 38.5 Å². The molecule has 0 aliphatic carbocycles. The van der Waals surface area contributed by atoms with Crippen LogP contribution in [0.25, 0.3) is 0 Å². The summed E-state index contributed by atoms with van der Waals surface area (Å²) in [5.74, 6) is 0.491. The van der Waals surface area contributed by atoms with Gasteiger partial charge in [-0.05, 0) is 68.3 Å². The molecule has 0 aromatic heterocycles. The Kier molecular flexibility index (Phi) is 5.49. The highest BCUT2D eigenvalue weighted by molar-refractivity contribution is 6.06. The lowest BCUT2D eigenvalue weighted by atomic mass is 9.86. The number of hydrogen-bond acceptors (Lipinski definition) is 4. The van der Waals surface area contributed by atoms with Crippen LogP contribution in [0, 0.1) is 0 Å². The molecule has 0 unspecified atom stereocenters. The van der Waals surface area contributed by atoms with E-state index in [9.17, 15) is 14.4 Å². The van der Waals surface area contributed by atoms with Crippen LogP contribution in [0.4, 0.5) is 11.4 Å². The number of fused-ring (bicyclic) bond motifs is 1. The monoisotopic (exact) mass is 380 g/mol. The van der Waals surface area contributed by atoms with Crippen LogP contribution in [0.5, 0.6) is 5.75 Å². The van der Waals surface area contributed by atoms with Crippen LogP contribution >= 0.6 is 0 Å². The predicted molar refractivity (Wildman–Crippen MR) is 108 cm³/mol. The number of carbonyl (C=O) groups is 3. The van der Waals surface area contributed by atoms with E-state index in [1.807, 2.05) is 19.9 Å².